The van der Waals surface area contributed by atoms with Crippen LogP contribution in [0.2, 0.25) is 0 Å². The average Bonchev–Trinajstić information content (AvgIpc) is 3.19. The lowest BCUT2D eigenvalue weighted by Gasteiger charge is -2.05. The number of carbonyl (C=O) groups excluding carboxylic acids is 1. The smallest absolute Gasteiger partial charge is 0.289 e. The molecule has 0 unspecified atom stereocenters. The Kier molecular flexibility index (Phi) is 6.29. The summed E-state index contributed by atoms with van der Waals surface area (Å²) in [6.07, 6.45) is 2.49. The van der Waals surface area contributed by atoms with Crippen LogP contribution in [0.15, 0.2) is 53.6 Å². The Balaban J connectivity index is 1.63. The highest BCUT2D eigenvalue weighted by Crippen LogP contribution is 2.25. The normalized spacial score (nSPS) is 11.2. The van der Waals surface area contributed by atoms with Crippen molar-refractivity contribution in [2.24, 2.45) is 11.0 Å². The summed E-state index contributed by atoms with van der Waals surface area (Å²) in [5, 5.41) is 20.5. The van der Waals surface area contributed by atoms with Gasteiger partial charge < -0.3 is 9.84 Å². The number of aromatic hydroxyl groups is 1. The summed E-state index contributed by atoms with van der Waals surface area (Å²) in [5.41, 5.74) is 6.34. The third-order valence-electron chi connectivity index (χ3n) is 4.30. The van der Waals surface area contributed by atoms with Crippen molar-refractivity contribution in [3.63, 3.8) is 0 Å². The van der Waals surface area contributed by atoms with E-state index in [0.717, 1.165) is 12.0 Å². The number of aromatic nitrogens is 2. The number of hydrogen-bond acceptors (Lipinski definition) is 5. The van der Waals surface area contributed by atoms with Crippen molar-refractivity contribution in [2.45, 2.75) is 20.3 Å². The molecule has 0 aliphatic heterocycles. The Morgan fingerprint density at radius 1 is 1.24 bits per heavy atom. The van der Waals surface area contributed by atoms with Crippen LogP contribution in [0.25, 0.3) is 11.3 Å². The van der Waals surface area contributed by atoms with E-state index in [0.29, 0.717) is 28.6 Å². The second-order valence-electron chi connectivity index (χ2n) is 7.09. The van der Waals surface area contributed by atoms with Crippen LogP contribution in [0.4, 0.5) is 0 Å². The minimum Gasteiger partial charge on any atom is -0.504 e. The van der Waals surface area contributed by atoms with E-state index in [9.17, 15) is 9.90 Å². The van der Waals surface area contributed by atoms with Crippen LogP contribution in [0.3, 0.4) is 0 Å². The van der Waals surface area contributed by atoms with E-state index >= 15 is 0 Å². The molecular formula is C22H24N4O3. The largest absolute Gasteiger partial charge is 0.504 e. The lowest BCUT2D eigenvalue weighted by atomic mass is 10.0. The van der Waals surface area contributed by atoms with Crippen LogP contribution in [0.1, 0.15) is 35.5 Å². The van der Waals surface area contributed by atoms with Crippen molar-refractivity contribution in [1.29, 1.82) is 0 Å². The maximum absolute atomic E-state index is 12.3. The zero-order valence-electron chi connectivity index (χ0n) is 16.6. The molecule has 3 aromatic rings. The summed E-state index contributed by atoms with van der Waals surface area (Å²) in [6, 6.07) is 14.6. The number of phenolic OH excluding ortho intramolecular Hbond substituents is 1. The summed E-state index contributed by atoms with van der Waals surface area (Å²) in [4.78, 5) is 12.3. The highest BCUT2D eigenvalue weighted by Gasteiger charge is 2.11. The molecule has 1 amide bonds. The highest BCUT2D eigenvalue weighted by molar-refractivity contribution is 5.94. The van der Waals surface area contributed by atoms with Gasteiger partial charge in [-0.25, -0.2) is 5.43 Å². The number of benzene rings is 2. The zero-order chi connectivity index (χ0) is 20.8. The molecule has 3 rings (SSSR count). The Bertz CT molecular complexity index is 1010. The Hall–Kier alpha value is -3.61. The minimum absolute atomic E-state index is 0.0379. The molecule has 0 saturated heterocycles. The Morgan fingerprint density at radius 2 is 2.00 bits per heavy atom. The van der Waals surface area contributed by atoms with Gasteiger partial charge >= 0.3 is 0 Å². The van der Waals surface area contributed by atoms with Crippen LogP contribution >= 0.6 is 0 Å². The van der Waals surface area contributed by atoms with Crippen LogP contribution in [0.5, 0.6) is 11.5 Å². The number of amides is 1. The van der Waals surface area contributed by atoms with Gasteiger partial charge in [0.05, 0.1) is 19.0 Å². The summed E-state index contributed by atoms with van der Waals surface area (Å²) >= 11 is 0. The third kappa shape index (κ3) is 5.22. The predicted octanol–water partition coefficient (Wildman–Crippen LogP) is 3.75. The van der Waals surface area contributed by atoms with E-state index in [-0.39, 0.29) is 5.75 Å². The number of methoxy groups -OCH3 is 1. The molecule has 3 N–H and O–H groups in total. The number of hydrogen-bond donors (Lipinski definition) is 3. The van der Waals surface area contributed by atoms with Gasteiger partial charge in [-0.3, -0.25) is 9.89 Å². The van der Waals surface area contributed by atoms with Crippen molar-refractivity contribution in [3.05, 3.63) is 65.4 Å². The second-order valence-corrected chi connectivity index (χ2v) is 7.09. The number of nitrogens with one attached hydrogen (secondary N) is 2. The number of aromatic amines is 1. The Labute approximate surface area is 169 Å². The molecule has 0 spiro atoms. The van der Waals surface area contributed by atoms with Crippen molar-refractivity contribution in [3.8, 4) is 22.8 Å². The molecule has 7 nitrogen and oxygen atoms in total. The minimum atomic E-state index is -0.401. The van der Waals surface area contributed by atoms with Gasteiger partial charge in [-0.1, -0.05) is 38.1 Å². The van der Waals surface area contributed by atoms with E-state index < -0.39 is 5.91 Å². The molecule has 0 aliphatic rings. The number of hydrazone groups is 1. The maximum atomic E-state index is 12.3. The Morgan fingerprint density at radius 3 is 2.69 bits per heavy atom. The van der Waals surface area contributed by atoms with Crippen LogP contribution in [-0.2, 0) is 6.42 Å². The number of phenols is 1. The van der Waals surface area contributed by atoms with E-state index in [4.69, 9.17) is 4.74 Å². The van der Waals surface area contributed by atoms with E-state index in [2.05, 4.69) is 46.7 Å². The molecule has 0 aliphatic carbocycles. The lowest BCUT2D eigenvalue weighted by Crippen LogP contribution is -2.18. The van der Waals surface area contributed by atoms with Gasteiger partial charge in [-0.05, 0) is 47.7 Å². The first-order chi connectivity index (χ1) is 14.0. The second kappa shape index (κ2) is 9.05. The van der Waals surface area contributed by atoms with Gasteiger partial charge in [0, 0.05) is 5.56 Å². The van der Waals surface area contributed by atoms with Crippen molar-refractivity contribution >= 4 is 12.1 Å². The van der Waals surface area contributed by atoms with Gasteiger partial charge in [0.2, 0.25) is 0 Å². The highest BCUT2D eigenvalue weighted by atomic mass is 16.5. The number of rotatable bonds is 7. The van der Waals surface area contributed by atoms with E-state index in [1.807, 2.05) is 12.1 Å². The quantitative estimate of drug-likeness (QED) is 0.421. The fourth-order valence-electron chi connectivity index (χ4n) is 2.87. The maximum Gasteiger partial charge on any atom is 0.289 e. The third-order valence-corrected chi connectivity index (χ3v) is 4.30. The fraction of sp³-hybridized carbons (Fsp3) is 0.227. The van der Waals surface area contributed by atoms with Gasteiger partial charge in [0.15, 0.2) is 11.5 Å². The summed E-state index contributed by atoms with van der Waals surface area (Å²) in [7, 11) is 1.46. The molecule has 1 aromatic heterocycles. The van der Waals surface area contributed by atoms with Crippen LogP contribution < -0.4 is 10.2 Å². The SMILES string of the molecule is COc1cc(/C=N/NC(=O)c2cc(-c3ccc(CC(C)C)cc3)n[nH]2)ccc1O. The fourth-order valence-corrected chi connectivity index (χ4v) is 2.87. The standard InChI is InChI=1S/C22H24N4O3/c1-14(2)10-15-4-7-17(8-5-15)18-12-19(25-24-18)22(28)26-23-13-16-6-9-20(27)21(11-16)29-3/h4-9,11-14,27H,10H2,1-3H3,(H,24,25)(H,26,28)/b23-13+. The monoisotopic (exact) mass is 392 g/mol. The van der Waals surface area contributed by atoms with Crippen molar-refractivity contribution < 1.29 is 14.6 Å². The molecule has 0 atom stereocenters. The topological polar surface area (TPSA) is 99.6 Å². The van der Waals surface area contributed by atoms with Gasteiger partial charge in [-0.15, -0.1) is 0 Å². The molecule has 29 heavy (non-hydrogen) atoms. The first kappa shape index (κ1) is 20.1. The average molecular weight is 392 g/mol. The molecular weight excluding hydrogens is 368 g/mol. The van der Waals surface area contributed by atoms with Crippen LogP contribution in [-0.4, -0.2) is 34.5 Å². The first-order valence-electron chi connectivity index (χ1n) is 9.31. The lowest BCUT2D eigenvalue weighted by molar-refractivity contribution is 0.0950. The molecule has 0 saturated carbocycles. The first-order valence-corrected chi connectivity index (χ1v) is 9.31. The number of H-pyrrole nitrogens is 1. The number of ether oxygens (including phenoxy) is 1. The molecule has 2 aromatic carbocycles. The van der Waals surface area contributed by atoms with Crippen LogP contribution in [0, 0.1) is 5.92 Å². The number of carbonyl (C=O) groups is 1. The summed E-state index contributed by atoms with van der Waals surface area (Å²) < 4.78 is 5.04. The molecule has 150 valence electrons. The summed E-state index contributed by atoms with van der Waals surface area (Å²) in [5.74, 6) is 0.570. The molecule has 1 heterocycles. The van der Waals surface area contributed by atoms with Crippen molar-refractivity contribution in [2.75, 3.05) is 7.11 Å². The molecule has 7 heteroatoms. The van der Waals surface area contributed by atoms with Gasteiger partial charge in [0.25, 0.3) is 5.91 Å². The van der Waals surface area contributed by atoms with Crippen molar-refractivity contribution in [1.82, 2.24) is 15.6 Å². The molecule has 0 bridgehead atoms. The predicted molar refractivity (Wildman–Crippen MR) is 112 cm³/mol. The van der Waals surface area contributed by atoms with E-state index in [1.165, 1.54) is 25.0 Å². The van der Waals surface area contributed by atoms with E-state index in [1.54, 1.807) is 18.2 Å². The molecule has 0 radical (unpaired) electrons. The number of nitrogens with zero attached hydrogens (tertiary/aromatic N) is 2. The summed E-state index contributed by atoms with van der Waals surface area (Å²) in [6.45, 7) is 4.38. The van der Waals surface area contributed by atoms with Gasteiger partial charge in [0.1, 0.15) is 5.69 Å². The zero-order valence-corrected chi connectivity index (χ0v) is 16.6. The molecule has 0 fully saturated rings. The van der Waals surface area contributed by atoms with Gasteiger partial charge in [-0.2, -0.15) is 10.2 Å².